The van der Waals surface area contributed by atoms with E-state index in [9.17, 15) is 19.2 Å². The first kappa shape index (κ1) is 39.1. The number of nitrogens with zero attached hydrogens (tertiary/aromatic N) is 4. The van der Waals surface area contributed by atoms with Crippen molar-refractivity contribution < 1.29 is 47.6 Å². The van der Waals surface area contributed by atoms with E-state index in [-0.39, 0.29) is 19.8 Å². The van der Waals surface area contributed by atoms with Gasteiger partial charge in [-0.05, 0) is 111 Å². The van der Waals surface area contributed by atoms with E-state index >= 15 is 0 Å². The van der Waals surface area contributed by atoms with E-state index in [4.69, 9.17) is 28.4 Å². The van der Waals surface area contributed by atoms with Gasteiger partial charge in [-0.25, -0.2) is 4.68 Å². The molecule has 5 rings (SSSR count). The number of halogens is 2. The smallest absolute Gasteiger partial charge is 0.303 e. The minimum atomic E-state index is -1.33. The van der Waals surface area contributed by atoms with E-state index in [1.807, 2.05) is 24.3 Å². The molecule has 0 radical (unpaired) electrons. The number of anilines is 3. The summed E-state index contributed by atoms with van der Waals surface area (Å²) in [5, 5.41) is 8.35. The van der Waals surface area contributed by atoms with Crippen molar-refractivity contribution in [2.75, 3.05) is 11.5 Å². The van der Waals surface area contributed by atoms with Crippen LogP contribution in [0.1, 0.15) is 45.2 Å². The van der Waals surface area contributed by atoms with Crippen LogP contribution in [0.2, 0.25) is 0 Å². The van der Waals surface area contributed by atoms with Gasteiger partial charge in [0.15, 0.2) is 24.5 Å². The molecule has 1 aliphatic rings. The van der Waals surface area contributed by atoms with E-state index in [0.717, 1.165) is 43.6 Å². The van der Waals surface area contributed by atoms with Gasteiger partial charge < -0.3 is 33.3 Å². The summed E-state index contributed by atoms with van der Waals surface area (Å²) in [6.07, 6.45) is -4.72. The highest BCUT2D eigenvalue weighted by Gasteiger charge is 2.53. The van der Waals surface area contributed by atoms with Crippen LogP contribution < -0.4 is 4.90 Å². The van der Waals surface area contributed by atoms with Crippen molar-refractivity contribution in [2.45, 2.75) is 71.6 Å². The van der Waals surface area contributed by atoms with Crippen LogP contribution in [0, 0.1) is 7.14 Å². The summed E-state index contributed by atoms with van der Waals surface area (Å²) >= 11 is 4.59. The first-order valence-corrected chi connectivity index (χ1v) is 18.2. The van der Waals surface area contributed by atoms with Crippen LogP contribution in [-0.4, -0.2) is 69.9 Å². The molecular weight excluding hydrogens is 902 g/mol. The number of benzene rings is 3. The molecule has 14 nitrogen and oxygen atoms in total. The van der Waals surface area contributed by atoms with Crippen molar-refractivity contribution >= 4 is 86.1 Å². The predicted molar refractivity (Wildman–Crippen MR) is 202 cm³/mol. The summed E-state index contributed by atoms with van der Waals surface area (Å²) in [7, 11) is 0. The zero-order valence-electron chi connectivity index (χ0n) is 28.6. The van der Waals surface area contributed by atoms with E-state index < -0.39 is 54.5 Å². The molecule has 4 aromatic rings. The number of rotatable bonds is 13. The minimum absolute atomic E-state index is 0.0739. The Bertz CT molecular complexity index is 1810. The van der Waals surface area contributed by atoms with Gasteiger partial charge in [-0.1, -0.05) is 17.3 Å². The van der Waals surface area contributed by atoms with E-state index in [1.165, 1.54) is 24.7 Å². The highest BCUT2D eigenvalue weighted by Crippen LogP contribution is 2.36. The number of carbonyl (C=O) groups excluding carboxylic acids is 4. The number of hydrogen-bond donors (Lipinski definition) is 0. The van der Waals surface area contributed by atoms with Gasteiger partial charge in [0.1, 0.15) is 18.4 Å². The maximum Gasteiger partial charge on any atom is 0.303 e. The summed E-state index contributed by atoms with van der Waals surface area (Å²) in [5.41, 5.74) is 4.41. The third-order valence-corrected chi connectivity index (χ3v) is 9.11. The fourth-order valence-electron chi connectivity index (χ4n) is 5.56. The Kier molecular flexibility index (Phi) is 13.6. The average Bonchev–Trinajstić information content (AvgIpc) is 3.56. The first-order valence-electron chi connectivity index (χ1n) is 16.1. The van der Waals surface area contributed by atoms with Gasteiger partial charge in [0, 0.05) is 51.9 Å². The molecule has 0 amide bonds. The Labute approximate surface area is 327 Å². The molecule has 16 heteroatoms. The summed E-state index contributed by atoms with van der Waals surface area (Å²) in [6, 6.07) is 24.7. The third-order valence-electron chi connectivity index (χ3n) is 7.67. The molecule has 1 aliphatic heterocycles. The second-order valence-electron chi connectivity index (χ2n) is 11.7. The summed E-state index contributed by atoms with van der Waals surface area (Å²) in [5.74, 6) is -2.78. The van der Waals surface area contributed by atoms with Crippen LogP contribution in [-0.2, 0) is 60.8 Å². The molecule has 1 saturated heterocycles. The zero-order chi connectivity index (χ0) is 37.4. The van der Waals surface area contributed by atoms with Crippen molar-refractivity contribution in [3.63, 3.8) is 0 Å². The van der Waals surface area contributed by atoms with Crippen LogP contribution >= 0.6 is 45.2 Å². The Balaban J connectivity index is 1.30. The lowest BCUT2D eigenvalue weighted by atomic mass is 9.97. The zero-order valence-corrected chi connectivity index (χ0v) is 33.0. The quantitative estimate of drug-likeness (QED) is 0.0884. The van der Waals surface area contributed by atoms with Gasteiger partial charge in [0.2, 0.25) is 0 Å². The maximum atomic E-state index is 12.2. The Hall–Kier alpha value is -4.14. The molecule has 1 fully saturated rings. The summed E-state index contributed by atoms with van der Waals surface area (Å²) < 4.78 is 37.3. The van der Waals surface area contributed by atoms with Crippen molar-refractivity contribution in [1.29, 1.82) is 0 Å². The second kappa shape index (κ2) is 18.1. The lowest BCUT2D eigenvalue weighted by Gasteiger charge is -2.44. The molecule has 5 atom stereocenters. The van der Waals surface area contributed by atoms with Crippen molar-refractivity contribution in [3.8, 4) is 0 Å². The first-order chi connectivity index (χ1) is 24.9. The monoisotopic (exact) mass is 938 g/mol. The SMILES string of the molecule is CC(=O)OC[C@H]1O[C@@H](n2cc(COCc3ccc(N(c4ccc(I)cc4)c4ccc(I)cc4)cc3)nn2)[C@H](OC(C)=O)[C@@H](OC(C)=O)[C@H]1OC(C)=O. The van der Waals surface area contributed by atoms with Gasteiger partial charge in [0.25, 0.3) is 0 Å². The molecule has 3 aromatic carbocycles. The fourth-order valence-corrected chi connectivity index (χ4v) is 6.28. The van der Waals surface area contributed by atoms with Crippen LogP contribution in [0.5, 0.6) is 0 Å². The molecule has 0 saturated carbocycles. The standard InChI is InChI=1S/C36H36I2N4O10/c1-21(43)48-20-32-33(49-22(2)44)34(50-23(3)45)35(51-24(4)46)36(52-32)41-17-28(39-40-41)19-47-18-25-5-11-29(12-6-25)42(30-13-7-26(37)8-14-30)31-15-9-27(38)10-16-31/h5-17,32-36H,18-20H2,1-4H3/t32-,33+,34+,35-,36-/m1/s1. The Morgan fingerprint density at radius 1 is 0.692 bits per heavy atom. The molecule has 0 unspecified atom stereocenters. The van der Waals surface area contributed by atoms with Crippen molar-refractivity contribution in [3.05, 3.63) is 97.4 Å². The highest BCUT2D eigenvalue weighted by molar-refractivity contribution is 14.1. The van der Waals surface area contributed by atoms with Crippen LogP contribution in [0.3, 0.4) is 0 Å². The molecular formula is C36H36I2N4O10. The number of aromatic nitrogens is 3. The number of ether oxygens (including phenoxy) is 6. The summed E-state index contributed by atoms with van der Waals surface area (Å²) in [6.45, 7) is 4.68. The average molecular weight is 939 g/mol. The minimum Gasteiger partial charge on any atom is -0.463 e. The van der Waals surface area contributed by atoms with Crippen molar-refractivity contribution in [1.82, 2.24) is 15.0 Å². The van der Waals surface area contributed by atoms with Gasteiger partial charge >= 0.3 is 23.9 Å². The fraction of sp³-hybridized carbons (Fsp3) is 0.333. The number of esters is 4. The maximum absolute atomic E-state index is 12.2. The van der Waals surface area contributed by atoms with Gasteiger partial charge in [-0.3, -0.25) is 19.2 Å². The summed E-state index contributed by atoms with van der Waals surface area (Å²) in [4.78, 5) is 50.2. The molecule has 1 aromatic heterocycles. The molecule has 0 aliphatic carbocycles. The van der Waals surface area contributed by atoms with Crippen LogP contribution in [0.15, 0.2) is 79.0 Å². The molecule has 274 valence electrons. The third kappa shape index (κ3) is 10.5. The highest BCUT2D eigenvalue weighted by atomic mass is 127. The Morgan fingerprint density at radius 2 is 1.19 bits per heavy atom. The molecule has 0 N–H and O–H groups in total. The topological polar surface area (TPSA) is 158 Å². The number of carbonyl (C=O) groups is 4. The molecule has 0 spiro atoms. The van der Waals surface area contributed by atoms with Gasteiger partial charge in [-0.2, -0.15) is 0 Å². The molecule has 52 heavy (non-hydrogen) atoms. The molecule has 0 bridgehead atoms. The largest absolute Gasteiger partial charge is 0.463 e. The van der Waals surface area contributed by atoms with Gasteiger partial charge in [-0.15, -0.1) is 5.10 Å². The second-order valence-corrected chi connectivity index (χ2v) is 14.2. The van der Waals surface area contributed by atoms with Gasteiger partial charge in [0.05, 0.1) is 19.4 Å². The molecule has 2 heterocycles. The lowest BCUT2D eigenvalue weighted by molar-refractivity contribution is -0.270. The van der Waals surface area contributed by atoms with E-state index in [1.54, 1.807) is 0 Å². The number of hydrogen-bond acceptors (Lipinski definition) is 13. The lowest BCUT2D eigenvalue weighted by Crippen LogP contribution is -2.60. The van der Waals surface area contributed by atoms with Crippen molar-refractivity contribution in [2.24, 2.45) is 0 Å². The predicted octanol–water partition coefficient (Wildman–Crippen LogP) is 5.93. The van der Waals surface area contributed by atoms with Crippen LogP contribution in [0.4, 0.5) is 17.1 Å². The van der Waals surface area contributed by atoms with E-state index in [2.05, 4.69) is 109 Å². The normalized spacial score (nSPS) is 19.7. The van der Waals surface area contributed by atoms with Crippen LogP contribution in [0.25, 0.3) is 0 Å². The Morgan fingerprint density at radius 3 is 1.71 bits per heavy atom. The van der Waals surface area contributed by atoms with E-state index in [0.29, 0.717) is 5.69 Å².